The number of esters is 1. The zero-order valence-corrected chi connectivity index (χ0v) is 17.0. The van der Waals surface area contributed by atoms with Crippen molar-refractivity contribution in [2.24, 2.45) is 11.8 Å². The number of nitrogens with zero attached hydrogens (tertiary/aromatic N) is 2. The molecule has 0 spiro atoms. The summed E-state index contributed by atoms with van der Waals surface area (Å²) in [5, 5.41) is 11.9. The lowest BCUT2D eigenvalue weighted by molar-refractivity contribution is -0.385. The highest BCUT2D eigenvalue weighted by atomic mass is 32.1. The van der Waals surface area contributed by atoms with E-state index in [1.54, 1.807) is 19.1 Å². The largest absolute Gasteiger partial charge is 0.487 e. The molecule has 0 aliphatic rings. The molecular weight excluding hydrogens is 368 g/mol. The van der Waals surface area contributed by atoms with Crippen molar-refractivity contribution in [3.05, 3.63) is 38.9 Å². The van der Waals surface area contributed by atoms with Crippen LogP contribution in [0.3, 0.4) is 0 Å². The van der Waals surface area contributed by atoms with E-state index in [0.717, 1.165) is 0 Å². The van der Waals surface area contributed by atoms with E-state index in [-0.39, 0.29) is 23.3 Å². The van der Waals surface area contributed by atoms with Crippen molar-refractivity contribution >= 4 is 23.0 Å². The van der Waals surface area contributed by atoms with Crippen LogP contribution in [-0.2, 0) is 4.74 Å². The zero-order chi connectivity index (χ0) is 20.1. The van der Waals surface area contributed by atoms with Gasteiger partial charge in [0.25, 0.3) is 0 Å². The SMILES string of the molecule is Cc1nc(-c2ccc(OCC(C)C)c([N+](=O)[O-])c2)sc1C(=O)OCC(C)C. The molecule has 0 unspecified atom stereocenters. The van der Waals surface area contributed by atoms with Crippen molar-refractivity contribution in [2.45, 2.75) is 34.6 Å². The third-order valence-electron chi connectivity index (χ3n) is 3.50. The van der Waals surface area contributed by atoms with E-state index in [2.05, 4.69) is 4.98 Å². The lowest BCUT2D eigenvalue weighted by Gasteiger charge is -2.09. The van der Waals surface area contributed by atoms with Crippen LogP contribution in [0.5, 0.6) is 5.75 Å². The molecule has 7 nitrogen and oxygen atoms in total. The van der Waals surface area contributed by atoms with Crippen LogP contribution in [0.4, 0.5) is 5.69 Å². The smallest absolute Gasteiger partial charge is 0.350 e. The number of hydrogen-bond acceptors (Lipinski definition) is 7. The molecule has 146 valence electrons. The van der Waals surface area contributed by atoms with E-state index in [1.165, 1.54) is 17.4 Å². The molecule has 0 amide bonds. The van der Waals surface area contributed by atoms with Crippen LogP contribution in [0.15, 0.2) is 18.2 Å². The Morgan fingerprint density at radius 2 is 1.89 bits per heavy atom. The minimum absolute atomic E-state index is 0.120. The fraction of sp³-hybridized carbons (Fsp3) is 0.474. The maximum Gasteiger partial charge on any atom is 0.350 e. The third-order valence-corrected chi connectivity index (χ3v) is 4.69. The molecule has 0 bridgehead atoms. The summed E-state index contributed by atoms with van der Waals surface area (Å²) in [5.41, 5.74) is 0.992. The lowest BCUT2D eigenvalue weighted by Crippen LogP contribution is -2.09. The molecule has 1 aromatic heterocycles. The summed E-state index contributed by atoms with van der Waals surface area (Å²) in [6.07, 6.45) is 0. The van der Waals surface area contributed by atoms with E-state index in [9.17, 15) is 14.9 Å². The molecule has 2 aromatic rings. The average molecular weight is 392 g/mol. The number of ether oxygens (including phenoxy) is 2. The predicted molar refractivity (Wildman–Crippen MR) is 104 cm³/mol. The third kappa shape index (κ3) is 5.50. The van der Waals surface area contributed by atoms with Gasteiger partial charge in [-0.3, -0.25) is 10.1 Å². The van der Waals surface area contributed by atoms with Crippen molar-refractivity contribution < 1.29 is 19.2 Å². The van der Waals surface area contributed by atoms with Gasteiger partial charge in [-0.25, -0.2) is 9.78 Å². The fourth-order valence-electron chi connectivity index (χ4n) is 2.19. The second-order valence-corrected chi connectivity index (χ2v) is 8.07. The maximum absolute atomic E-state index is 12.2. The van der Waals surface area contributed by atoms with Crippen molar-refractivity contribution in [1.29, 1.82) is 0 Å². The highest BCUT2D eigenvalue weighted by Crippen LogP contribution is 2.35. The molecular formula is C19H24N2O5S. The minimum Gasteiger partial charge on any atom is -0.487 e. The Bertz CT molecular complexity index is 830. The standard InChI is InChI=1S/C19H24N2O5S/c1-11(2)9-25-16-7-6-14(8-15(16)21(23)24)18-20-13(5)17(27-18)19(22)26-10-12(3)4/h6-8,11-12H,9-10H2,1-5H3. The Balaban J connectivity index is 2.30. The molecule has 0 aliphatic heterocycles. The summed E-state index contributed by atoms with van der Waals surface area (Å²) in [6, 6.07) is 4.71. The van der Waals surface area contributed by atoms with Gasteiger partial charge in [-0.1, -0.05) is 27.7 Å². The monoisotopic (exact) mass is 392 g/mol. The summed E-state index contributed by atoms with van der Waals surface area (Å²) in [7, 11) is 0. The second-order valence-electron chi connectivity index (χ2n) is 7.07. The topological polar surface area (TPSA) is 91.6 Å². The van der Waals surface area contributed by atoms with Gasteiger partial charge in [0.05, 0.1) is 23.8 Å². The van der Waals surface area contributed by atoms with Crippen molar-refractivity contribution in [1.82, 2.24) is 4.98 Å². The number of aryl methyl sites for hydroxylation is 1. The molecule has 8 heteroatoms. The minimum atomic E-state index is -0.475. The Morgan fingerprint density at radius 1 is 1.22 bits per heavy atom. The highest BCUT2D eigenvalue weighted by Gasteiger charge is 2.21. The van der Waals surface area contributed by atoms with E-state index >= 15 is 0 Å². The fourth-order valence-corrected chi connectivity index (χ4v) is 3.15. The maximum atomic E-state index is 12.2. The molecule has 0 saturated carbocycles. The number of hydrogen-bond donors (Lipinski definition) is 0. The molecule has 0 atom stereocenters. The number of carbonyl (C=O) groups excluding carboxylic acids is 1. The molecule has 0 radical (unpaired) electrons. The van der Waals surface area contributed by atoms with E-state index in [1.807, 2.05) is 27.7 Å². The van der Waals surface area contributed by atoms with E-state index in [4.69, 9.17) is 9.47 Å². The van der Waals surface area contributed by atoms with Crippen LogP contribution in [0.1, 0.15) is 43.1 Å². The van der Waals surface area contributed by atoms with Crippen molar-refractivity contribution in [2.75, 3.05) is 13.2 Å². The van der Waals surface area contributed by atoms with Gasteiger partial charge in [-0.2, -0.15) is 0 Å². The number of aromatic nitrogens is 1. The van der Waals surface area contributed by atoms with Gasteiger partial charge in [-0.15, -0.1) is 11.3 Å². The van der Waals surface area contributed by atoms with Gasteiger partial charge in [0.1, 0.15) is 9.88 Å². The Labute approximate surface area is 162 Å². The van der Waals surface area contributed by atoms with Gasteiger partial charge in [0.2, 0.25) is 0 Å². The number of nitro benzene ring substituents is 1. The van der Waals surface area contributed by atoms with Crippen LogP contribution in [0.25, 0.3) is 10.6 Å². The average Bonchev–Trinajstić information content (AvgIpc) is 2.99. The number of nitro groups is 1. The summed E-state index contributed by atoms with van der Waals surface area (Å²) in [4.78, 5) is 28.0. The molecule has 27 heavy (non-hydrogen) atoms. The summed E-state index contributed by atoms with van der Waals surface area (Å²) in [6.45, 7) is 10.3. The molecule has 2 rings (SSSR count). The van der Waals surface area contributed by atoms with Crippen LogP contribution in [0.2, 0.25) is 0 Å². The summed E-state index contributed by atoms with van der Waals surface area (Å²) >= 11 is 1.17. The summed E-state index contributed by atoms with van der Waals surface area (Å²) < 4.78 is 10.8. The number of benzene rings is 1. The quantitative estimate of drug-likeness (QED) is 0.361. The first-order valence-electron chi connectivity index (χ1n) is 8.75. The van der Waals surface area contributed by atoms with Gasteiger partial charge in [0, 0.05) is 11.6 Å². The highest BCUT2D eigenvalue weighted by molar-refractivity contribution is 7.17. The van der Waals surface area contributed by atoms with Crippen LogP contribution in [0, 0.1) is 28.9 Å². The number of thiazole rings is 1. The van der Waals surface area contributed by atoms with Gasteiger partial charge < -0.3 is 9.47 Å². The first-order chi connectivity index (χ1) is 12.7. The molecule has 1 aromatic carbocycles. The Hall–Kier alpha value is -2.48. The first-order valence-corrected chi connectivity index (χ1v) is 9.56. The molecule has 0 aliphatic carbocycles. The van der Waals surface area contributed by atoms with Gasteiger partial charge in [-0.05, 0) is 30.9 Å². The summed E-state index contributed by atoms with van der Waals surface area (Å²) in [5.74, 6) is 0.298. The Morgan fingerprint density at radius 3 is 2.48 bits per heavy atom. The normalized spacial score (nSPS) is 11.1. The van der Waals surface area contributed by atoms with Crippen LogP contribution >= 0.6 is 11.3 Å². The molecule has 0 fully saturated rings. The van der Waals surface area contributed by atoms with Crippen molar-refractivity contribution in [3.63, 3.8) is 0 Å². The molecule has 1 heterocycles. The second kappa shape index (κ2) is 8.94. The molecule has 0 saturated heterocycles. The molecule has 0 N–H and O–H groups in total. The van der Waals surface area contributed by atoms with Gasteiger partial charge in [0.15, 0.2) is 5.75 Å². The van der Waals surface area contributed by atoms with Crippen LogP contribution < -0.4 is 4.74 Å². The van der Waals surface area contributed by atoms with E-state index < -0.39 is 10.9 Å². The zero-order valence-electron chi connectivity index (χ0n) is 16.1. The van der Waals surface area contributed by atoms with E-state index in [0.29, 0.717) is 34.4 Å². The predicted octanol–water partition coefficient (Wildman–Crippen LogP) is 4.87. The Kier molecular flexibility index (Phi) is 6.90. The number of carbonyl (C=O) groups is 1. The van der Waals surface area contributed by atoms with Crippen molar-refractivity contribution in [3.8, 4) is 16.3 Å². The van der Waals surface area contributed by atoms with Crippen LogP contribution in [-0.4, -0.2) is 29.1 Å². The number of rotatable bonds is 8. The lowest BCUT2D eigenvalue weighted by atomic mass is 10.2. The van der Waals surface area contributed by atoms with Gasteiger partial charge >= 0.3 is 11.7 Å². The first kappa shape index (κ1) is 20.8.